The number of nitrogens with zero attached hydrogens (tertiary/aromatic N) is 1. The number of carbonyl (C=O) groups is 1. The average molecular weight is 516 g/mol. The van der Waals surface area contributed by atoms with Crippen molar-refractivity contribution in [3.63, 3.8) is 0 Å². The van der Waals surface area contributed by atoms with Crippen LogP contribution in [0.5, 0.6) is 11.5 Å². The largest absolute Gasteiger partial charge is 0.497 e. The number of ether oxygens (including phenoxy) is 2. The fourth-order valence-corrected chi connectivity index (χ4v) is 4.79. The van der Waals surface area contributed by atoms with Gasteiger partial charge in [0.25, 0.3) is 5.91 Å². The molecule has 1 aliphatic heterocycles. The van der Waals surface area contributed by atoms with Gasteiger partial charge in [-0.25, -0.2) is 0 Å². The Kier molecular flexibility index (Phi) is 7.60. The van der Waals surface area contributed by atoms with E-state index in [1.807, 2.05) is 54.6 Å². The van der Waals surface area contributed by atoms with Crippen LogP contribution in [0.25, 0.3) is 6.08 Å². The minimum Gasteiger partial charge on any atom is -0.497 e. The number of methoxy groups -OCH3 is 1. The zero-order valence-corrected chi connectivity index (χ0v) is 20.7. The highest BCUT2D eigenvalue weighted by molar-refractivity contribution is 8.26. The molecule has 8 heteroatoms. The second kappa shape index (κ2) is 10.6. The van der Waals surface area contributed by atoms with Crippen LogP contribution in [0.1, 0.15) is 16.7 Å². The molecule has 3 aromatic rings. The van der Waals surface area contributed by atoms with Crippen molar-refractivity contribution in [2.24, 2.45) is 0 Å². The number of amides is 1. The summed E-state index contributed by atoms with van der Waals surface area (Å²) in [4.78, 5) is 15.1. The Morgan fingerprint density at radius 3 is 2.36 bits per heavy atom. The number of thioether (sulfide) groups is 1. The molecule has 3 aromatic carbocycles. The van der Waals surface area contributed by atoms with Gasteiger partial charge in [-0.05, 0) is 59.2 Å². The number of benzene rings is 3. The van der Waals surface area contributed by atoms with E-state index in [0.717, 1.165) is 22.4 Å². The summed E-state index contributed by atoms with van der Waals surface area (Å²) < 4.78 is 11.5. The van der Waals surface area contributed by atoms with Gasteiger partial charge in [-0.1, -0.05) is 77.5 Å². The predicted molar refractivity (Wildman–Crippen MR) is 139 cm³/mol. The summed E-state index contributed by atoms with van der Waals surface area (Å²) in [5.41, 5.74) is 2.75. The Morgan fingerprint density at radius 2 is 1.70 bits per heavy atom. The number of hydrogen-bond acceptors (Lipinski definition) is 5. The molecule has 0 bridgehead atoms. The SMILES string of the molecule is COc1ccc(CN2C(=O)C(=Cc3ccc(OCc4ccc(Cl)cc4)c(Cl)c3)SC2=S)cc1. The summed E-state index contributed by atoms with van der Waals surface area (Å²) in [6, 6.07) is 20.4. The van der Waals surface area contributed by atoms with E-state index in [2.05, 4.69) is 0 Å². The minimum atomic E-state index is -0.125. The average Bonchev–Trinajstić information content (AvgIpc) is 3.07. The molecule has 0 atom stereocenters. The summed E-state index contributed by atoms with van der Waals surface area (Å²) in [5.74, 6) is 1.21. The number of halogens is 2. The number of hydrogen-bond donors (Lipinski definition) is 0. The lowest BCUT2D eigenvalue weighted by Crippen LogP contribution is -2.27. The molecule has 1 saturated heterocycles. The standard InChI is InChI=1S/C25H19Cl2NO3S2/c1-30-20-9-4-16(5-10-20)14-28-24(29)23(33-25(28)32)13-18-6-11-22(21(27)12-18)31-15-17-2-7-19(26)8-3-17/h2-13H,14-15H2,1H3. The molecule has 0 aliphatic carbocycles. The monoisotopic (exact) mass is 515 g/mol. The van der Waals surface area contributed by atoms with Gasteiger partial charge >= 0.3 is 0 Å². The lowest BCUT2D eigenvalue weighted by Gasteiger charge is -2.14. The first-order valence-corrected chi connectivity index (χ1v) is 12.0. The molecule has 0 aromatic heterocycles. The van der Waals surface area contributed by atoms with Crippen molar-refractivity contribution in [3.8, 4) is 11.5 Å². The molecule has 33 heavy (non-hydrogen) atoms. The fourth-order valence-electron chi connectivity index (χ4n) is 3.17. The van der Waals surface area contributed by atoms with Gasteiger partial charge in [0.05, 0.1) is 23.6 Å². The molecule has 1 amide bonds. The maximum atomic E-state index is 12.9. The number of carbonyl (C=O) groups excluding carboxylic acids is 1. The van der Waals surface area contributed by atoms with Gasteiger partial charge in [0.15, 0.2) is 0 Å². The summed E-state index contributed by atoms with van der Waals surface area (Å²) in [6.07, 6.45) is 1.79. The van der Waals surface area contributed by atoms with Gasteiger partial charge in [0, 0.05) is 5.02 Å². The van der Waals surface area contributed by atoms with E-state index >= 15 is 0 Å². The van der Waals surface area contributed by atoms with E-state index in [1.165, 1.54) is 11.8 Å². The first kappa shape index (κ1) is 23.6. The Balaban J connectivity index is 1.43. The Hall–Kier alpha value is -2.51. The maximum Gasteiger partial charge on any atom is 0.266 e. The van der Waals surface area contributed by atoms with E-state index in [0.29, 0.717) is 38.2 Å². The van der Waals surface area contributed by atoms with Gasteiger partial charge in [-0.15, -0.1) is 0 Å². The lowest BCUT2D eigenvalue weighted by atomic mass is 10.2. The second-order valence-corrected chi connectivity index (χ2v) is 9.74. The molecule has 0 unspecified atom stereocenters. The van der Waals surface area contributed by atoms with Crippen LogP contribution in [-0.2, 0) is 17.9 Å². The third-order valence-corrected chi connectivity index (χ3v) is 6.86. The number of rotatable bonds is 7. The van der Waals surface area contributed by atoms with Crippen molar-refractivity contribution in [1.29, 1.82) is 0 Å². The van der Waals surface area contributed by atoms with E-state index in [1.54, 1.807) is 30.2 Å². The Bertz CT molecular complexity index is 1210. The van der Waals surface area contributed by atoms with Gasteiger partial charge in [-0.3, -0.25) is 9.69 Å². The molecular weight excluding hydrogens is 497 g/mol. The molecule has 0 radical (unpaired) electrons. The maximum absolute atomic E-state index is 12.9. The smallest absolute Gasteiger partial charge is 0.266 e. The molecule has 168 valence electrons. The lowest BCUT2D eigenvalue weighted by molar-refractivity contribution is -0.122. The van der Waals surface area contributed by atoms with Gasteiger partial charge < -0.3 is 9.47 Å². The molecule has 1 heterocycles. The third kappa shape index (κ3) is 5.89. The first-order chi connectivity index (χ1) is 15.9. The van der Waals surface area contributed by atoms with Gasteiger partial charge in [0.1, 0.15) is 22.4 Å². The highest BCUT2D eigenvalue weighted by Crippen LogP contribution is 2.35. The van der Waals surface area contributed by atoms with Crippen LogP contribution in [0.4, 0.5) is 0 Å². The highest BCUT2D eigenvalue weighted by atomic mass is 35.5. The first-order valence-electron chi connectivity index (χ1n) is 9.98. The Morgan fingerprint density at radius 1 is 1.00 bits per heavy atom. The molecule has 0 spiro atoms. The van der Waals surface area contributed by atoms with Crippen molar-refractivity contribution in [3.05, 3.63) is 98.4 Å². The molecule has 0 saturated carbocycles. The third-order valence-electron chi connectivity index (χ3n) is 4.93. The molecule has 1 aliphatic rings. The minimum absolute atomic E-state index is 0.125. The van der Waals surface area contributed by atoms with Crippen molar-refractivity contribution in [2.75, 3.05) is 7.11 Å². The Labute approximate surface area is 212 Å². The van der Waals surface area contributed by atoms with E-state index in [9.17, 15) is 4.79 Å². The molecular formula is C25H19Cl2NO3S2. The van der Waals surface area contributed by atoms with Crippen LogP contribution in [0, 0.1) is 0 Å². The highest BCUT2D eigenvalue weighted by Gasteiger charge is 2.32. The number of thiocarbonyl (C=S) groups is 1. The molecule has 4 rings (SSSR count). The normalized spacial score (nSPS) is 14.8. The zero-order valence-electron chi connectivity index (χ0n) is 17.6. The van der Waals surface area contributed by atoms with Crippen molar-refractivity contribution < 1.29 is 14.3 Å². The van der Waals surface area contributed by atoms with Gasteiger partial charge in [0.2, 0.25) is 0 Å². The quantitative estimate of drug-likeness (QED) is 0.250. The van der Waals surface area contributed by atoms with E-state index < -0.39 is 0 Å². The van der Waals surface area contributed by atoms with Gasteiger partial charge in [-0.2, -0.15) is 0 Å². The molecule has 1 fully saturated rings. The summed E-state index contributed by atoms with van der Waals surface area (Å²) in [6.45, 7) is 0.782. The van der Waals surface area contributed by atoms with Crippen molar-refractivity contribution in [1.82, 2.24) is 4.90 Å². The van der Waals surface area contributed by atoms with Crippen LogP contribution in [-0.4, -0.2) is 22.2 Å². The van der Waals surface area contributed by atoms with Crippen molar-refractivity contribution >= 4 is 63.5 Å². The summed E-state index contributed by atoms with van der Waals surface area (Å²) in [7, 11) is 1.62. The van der Waals surface area contributed by atoms with Crippen LogP contribution in [0.15, 0.2) is 71.6 Å². The van der Waals surface area contributed by atoms with Crippen LogP contribution < -0.4 is 9.47 Å². The summed E-state index contributed by atoms with van der Waals surface area (Å²) in [5, 5.41) is 1.14. The van der Waals surface area contributed by atoms with E-state index in [-0.39, 0.29) is 5.91 Å². The molecule has 0 N–H and O–H groups in total. The van der Waals surface area contributed by atoms with Crippen LogP contribution >= 0.6 is 47.2 Å². The fraction of sp³-hybridized carbons (Fsp3) is 0.120. The zero-order chi connectivity index (χ0) is 23.4. The van der Waals surface area contributed by atoms with Crippen LogP contribution in [0.3, 0.4) is 0 Å². The van der Waals surface area contributed by atoms with Crippen LogP contribution in [0.2, 0.25) is 10.0 Å². The topological polar surface area (TPSA) is 38.8 Å². The summed E-state index contributed by atoms with van der Waals surface area (Å²) >= 11 is 19.1. The predicted octanol–water partition coefficient (Wildman–Crippen LogP) is 6.98. The van der Waals surface area contributed by atoms with Crippen molar-refractivity contribution in [2.45, 2.75) is 13.2 Å². The molecule has 4 nitrogen and oxygen atoms in total. The van der Waals surface area contributed by atoms with E-state index in [4.69, 9.17) is 44.9 Å². The second-order valence-electron chi connectivity index (χ2n) is 7.22.